The van der Waals surface area contributed by atoms with E-state index >= 15 is 0 Å². The predicted molar refractivity (Wildman–Crippen MR) is 54.5 cm³/mol. The van der Waals surface area contributed by atoms with Crippen LogP contribution in [0.5, 0.6) is 0 Å². The second-order valence-electron chi connectivity index (χ2n) is 2.54. The number of carbonyl (C=O) groups is 2. The molecule has 0 heterocycles. The minimum atomic E-state index is -0.0968. The van der Waals surface area contributed by atoms with Gasteiger partial charge in [0.2, 0.25) is 0 Å². The summed E-state index contributed by atoms with van der Waals surface area (Å²) in [5, 5.41) is 0.333. The van der Waals surface area contributed by atoms with Gasteiger partial charge in [0.05, 0.1) is 5.02 Å². The molecule has 0 amide bonds. The molecule has 0 aliphatic rings. The van der Waals surface area contributed by atoms with Gasteiger partial charge in [-0.25, -0.2) is 0 Å². The third-order valence-corrected chi connectivity index (χ3v) is 2.87. The predicted octanol–water partition coefficient (Wildman–Crippen LogP) is 3.12. The lowest BCUT2D eigenvalue weighted by Crippen LogP contribution is -1.95. The van der Waals surface area contributed by atoms with Gasteiger partial charge in [0, 0.05) is 15.6 Å². The SMILES string of the molecule is CC(=O)c1cc(Br)c(Cl)c(C=O)c1. The van der Waals surface area contributed by atoms with Crippen LogP contribution in [0.2, 0.25) is 5.02 Å². The Bertz CT molecular complexity index is 374. The zero-order valence-electron chi connectivity index (χ0n) is 6.80. The minimum Gasteiger partial charge on any atom is -0.298 e. The first kappa shape index (κ1) is 10.4. The molecule has 1 aromatic rings. The van der Waals surface area contributed by atoms with Gasteiger partial charge in [-0.15, -0.1) is 0 Å². The molecule has 0 saturated carbocycles. The van der Waals surface area contributed by atoms with Crippen molar-refractivity contribution in [3.8, 4) is 0 Å². The van der Waals surface area contributed by atoms with Crippen LogP contribution in [0.4, 0.5) is 0 Å². The average Bonchev–Trinajstić information content (AvgIpc) is 2.09. The molecule has 1 rings (SSSR count). The highest BCUT2D eigenvalue weighted by Gasteiger charge is 2.08. The molecule has 0 unspecified atom stereocenters. The zero-order chi connectivity index (χ0) is 10.0. The molecule has 4 heteroatoms. The summed E-state index contributed by atoms with van der Waals surface area (Å²) in [6, 6.07) is 3.07. The van der Waals surface area contributed by atoms with Crippen LogP contribution in [0, 0.1) is 0 Å². The van der Waals surface area contributed by atoms with Crippen LogP contribution in [-0.2, 0) is 0 Å². The van der Waals surface area contributed by atoms with Crippen LogP contribution in [0.1, 0.15) is 27.6 Å². The molecule has 1 aromatic carbocycles. The molecule has 68 valence electrons. The van der Waals surface area contributed by atoms with Crippen molar-refractivity contribution in [3.63, 3.8) is 0 Å². The molecular weight excluding hydrogens is 255 g/mol. The van der Waals surface area contributed by atoms with Gasteiger partial charge < -0.3 is 0 Å². The first-order chi connectivity index (χ1) is 6.06. The van der Waals surface area contributed by atoms with Crippen LogP contribution in [-0.4, -0.2) is 12.1 Å². The fourth-order valence-electron chi connectivity index (χ4n) is 0.899. The molecule has 0 aromatic heterocycles. The topological polar surface area (TPSA) is 34.1 Å². The van der Waals surface area contributed by atoms with Crippen molar-refractivity contribution < 1.29 is 9.59 Å². The fraction of sp³-hybridized carbons (Fsp3) is 0.111. The highest BCUT2D eigenvalue weighted by Crippen LogP contribution is 2.27. The van der Waals surface area contributed by atoms with E-state index in [0.717, 1.165) is 0 Å². The van der Waals surface area contributed by atoms with Crippen LogP contribution in [0.3, 0.4) is 0 Å². The van der Waals surface area contributed by atoms with E-state index in [1.54, 1.807) is 6.07 Å². The number of hydrogen-bond acceptors (Lipinski definition) is 2. The molecule has 13 heavy (non-hydrogen) atoms. The summed E-state index contributed by atoms with van der Waals surface area (Å²) >= 11 is 8.94. The maximum atomic E-state index is 11.0. The van der Waals surface area contributed by atoms with E-state index < -0.39 is 0 Å². The molecule has 0 atom stereocenters. The Kier molecular flexibility index (Phi) is 3.22. The van der Waals surface area contributed by atoms with E-state index in [1.807, 2.05) is 0 Å². The Balaban J connectivity index is 3.38. The lowest BCUT2D eigenvalue weighted by Gasteiger charge is -2.02. The van der Waals surface area contributed by atoms with Crippen molar-refractivity contribution >= 4 is 39.6 Å². The summed E-state index contributed by atoms with van der Waals surface area (Å²) < 4.78 is 0.559. The summed E-state index contributed by atoms with van der Waals surface area (Å²) in [4.78, 5) is 21.5. The molecule has 0 aliphatic carbocycles. The quantitative estimate of drug-likeness (QED) is 0.605. The number of Topliss-reactive ketones (excluding diaryl/α,β-unsaturated/α-hetero) is 1. The number of benzene rings is 1. The molecule has 0 bridgehead atoms. The van der Waals surface area contributed by atoms with Crippen molar-refractivity contribution in [1.29, 1.82) is 0 Å². The van der Waals surface area contributed by atoms with E-state index in [-0.39, 0.29) is 5.78 Å². The van der Waals surface area contributed by atoms with Crippen molar-refractivity contribution in [1.82, 2.24) is 0 Å². The van der Waals surface area contributed by atoms with Gasteiger partial charge in [0.15, 0.2) is 12.1 Å². The Hall–Kier alpha value is -0.670. The Morgan fingerprint density at radius 2 is 2.15 bits per heavy atom. The normalized spacial score (nSPS) is 9.77. The van der Waals surface area contributed by atoms with Gasteiger partial charge in [0.25, 0.3) is 0 Å². The van der Waals surface area contributed by atoms with E-state index in [0.29, 0.717) is 26.9 Å². The largest absolute Gasteiger partial charge is 0.298 e. The van der Waals surface area contributed by atoms with E-state index in [2.05, 4.69) is 15.9 Å². The van der Waals surface area contributed by atoms with Gasteiger partial charge in [-0.3, -0.25) is 9.59 Å². The highest BCUT2D eigenvalue weighted by molar-refractivity contribution is 9.10. The number of ketones is 1. The molecule has 0 spiro atoms. The average molecular weight is 262 g/mol. The number of hydrogen-bond donors (Lipinski definition) is 0. The van der Waals surface area contributed by atoms with Crippen molar-refractivity contribution in [2.24, 2.45) is 0 Å². The summed E-state index contributed by atoms with van der Waals surface area (Å²) in [5.41, 5.74) is 0.791. The maximum absolute atomic E-state index is 11.0. The van der Waals surface area contributed by atoms with E-state index in [9.17, 15) is 9.59 Å². The molecule has 0 aliphatic heterocycles. The second-order valence-corrected chi connectivity index (χ2v) is 3.77. The second kappa shape index (κ2) is 4.03. The molecule has 0 saturated heterocycles. The van der Waals surface area contributed by atoms with E-state index in [1.165, 1.54) is 13.0 Å². The van der Waals surface area contributed by atoms with E-state index in [4.69, 9.17) is 11.6 Å². The molecule has 0 fully saturated rings. The Labute approximate surface area is 89.0 Å². The third-order valence-electron chi connectivity index (χ3n) is 1.59. The minimum absolute atomic E-state index is 0.0968. The number of rotatable bonds is 2. The fourth-order valence-corrected chi connectivity index (χ4v) is 1.53. The van der Waals surface area contributed by atoms with Crippen molar-refractivity contribution in [2.45, 2.75) is 6.92 Å². The van der Waals surface area contributed by atoms with Gasteiger partial charge in [-0.2, -0.15) is 0 Å². The van der Waals surface area contributed by atoms with Crippen LogP contribution >= 0.6 is 27.5 Å². The molecular formula is C9H6BrClO2. The first-order valence-corrected chi connectivity index (χ1v) is 4.68. The Morgan fingerprint density at radius 3 is 2.62 bits per heavy atom. The van der Waals surface area contributed by atoms with Crippen molar-refractivity contribution in [2.75, 3.05) is 0 Å². The van der Waals surface area contributed by atoms with Crippen LogP contribution < -0.4 is 0 Å². The Morgan fingerprint density at radius 1 is 1.54 bits per heavy atom. The molecule has 0 radical (unpaired) electrons. The summed E-state index contributed by atoms with van der Waals surface area (Å²) in [6.45, 7) is 1.43. The number of carbonyl (C=O) groups excluding carboxylic acids is 2. The van der Waals surface area contributed by atoms with Gasteiger partial charge in [-0.1, -0.05) is 11.6 Å². The van der Waals surface area contributed by atoms with Crippen LogP contribution in [0.15, 0.2) is 16.6 Å². The monoisotopic (exact) mass is 260 g/mol. The standard InChI is InChI=1S/C9H6BrClO2/c1-5(13)6-2-7(4-12)9(11)8(10)3-6/h2-4H,1H3. The number of aldehydes is 1. The third kappa shape index (κ3) is 2.17. The van der Waals surface area contributed by atoms with Gasteiger partial charge in [0.1, 0.15) is 0 Å². The maximum Gasteiger partial charge on any atom is 0.159 e. The lowest BCUT2D eigenvalue weighted by atomic mass is 10.1. The smallest absolute Gasteiger partial charge is 0.159 e. The molecule has 2 nitrogen and oxygen atoms in total. The summed E-state index contributed by atoms with van der Waals surface area (Å²) in [7, 11) is 0. The first-order valence-electron chi connectivity index (χ1n) is 3.51. The van der Waals surface area contributed by atoms with Gasteiger partial charge in [-0.05, 0) is 35.0 Å². The summed E-state index contributed by atoms with van der Waals surface area (Å²) in [5.74, 6) is -0.0968. The lowest BCUT2D eigenvalue weighted by molar-refractivity contribution is 0.101. The highest BCUT2D eigenvalue weighted by atomic mass is 79.9. The molecule has 0 N–H and O–H groups in total. The van der Waals surface area contributed by atoms with Gasteiger partial charge >= 0.3 is 0 Å². The number of halogens is 2. The van der Waals surface area contributed by atoms with Crippen molar-refractivity contribution in [3.05, 3.63) is 32.8 Å². The summed E-state index contributed by atoms with van der Waals surface area (Å²) in [6.07, 6.45) is 0.625. The van der Waals surface area contributed by atoms with Crippen LogP contribution in [0.25, 0.3) is 0 Å². The zero-order valence-corrected chi connectivity index (χ0v) is 9.15.